The second kappa shape index (κ2) is 6.00. The molecule has 0 heterocycles. The fourth-order valence-corrected chi connectivity index (χ4v) is 3.48. The van der Waals surface area contributed by atoms with Crippen LogP contribution in [-0.4, -0.2) is 8.42 Å². The maximum Gasteiger partial charge on any atom is 0.262 e. The Morgan fingerprint density at radius 3 is 2.43 bits per heavy atom. The highest BCUT2D eigenvalue weighted by Gasteiger charge is 2.18. The van der Waals surface area contributed by atoms with Gasteiger partial charge in [0.1, 0.15) is 5.82 Å². The molecule has 0 aliphatic carbocycles. The van der Waals surface area contributed by atoms with E-state index in [2.05, 4.69) is 20.7 Å². The molecule has 3 N–H and O–H groups in total. The van der Waals surface area contributed by atoms with Crippen molar-refractivity contribution in [2.45, 2.75) is 4.90 Å². The summed E-state index contributed by atoms with van der Waals surface area (Å²) in [6, 6.07) is 6.09. The Labute approximate surface area is 139 Å². The molecule has 2 aromatic rings. The third-order valence-corrected chi connectivity index (χ3v) is 5.69. The average molecular weight is 414 g/mol. The SMILES string of the molecule is Nc1cc(S(=O)(=O)Nc2ccc(Br)c(Cl)c2Cl)ccc1F. The highest BCUT2D eigenvalue weighted by atomic mass is 79.9. The molecule has 0 saturated heterocycles. The lowest BCUT2D eigenvalue weighted by molar-refractivity contribution is 0.600. The molecular formula is C12H8BrCl2FN2O2S. The summed E-state index contributed by atoms with van der Waals surface area (Å²) in [5.41, 5.74) is 5.20. The van der Waals surface area contributed by atoms with Crippen molar-refractivity contribution in [2.24, 2.45) is 0 Å². The molecule has 9 heteroatoms. The summed E-state index contributed by atoms with van der Waals surface area (Å²) in [4.78, 5) is -0.184. The van der Waals surface area contributed by atoms with Crippen LogP contribution in [0.3, 0.4) is 0 Å². The topological polar surface area (TPSA) is 72.2 Å². The number of halogens is 4. The van der Waals surface area contributed by atoms with Crippen LogP contribution in [0.2, 0.25) is 10.0 Å². The number of benzene rings is 2. The number of nitrogens with one attached hydrogen (secondary N) is 1. The van der Waals surface area contributed by atoms with E-state index in [-0.39, 0.29) is 26.3 Å². The number of hydrogen-bond donors (Lipinski definition) is 2. The van der Waals surface area contributed by atoms with E-state index in [0.717, 1.165) is 18.2 Å². The van der Waals surface area contributed by atoms with Gasteiger partial charge in [0.15, 0.2) is 0 Å². The molecule has 2 rings (SSSR count). The van der Waals surface area contributed by atoms with E-state index >= 15 is 0 Å². The Hall–Kier alpha value is -1.02. The molecule has 0 spiro atoms. The minimum absolute atomic E-state index is 0.0460. The highest BCUT2D eigenvalue weighted by molar-refractivity contribution is 9.10. The molecule has 0 amide bonds. The molecule has 0 atom stereocenters. The van der Waals surface area contributed by atoms with Crippen LogP contribution in [0.15, 0.2) is 39.7 Å². The van der Waals surface area contributed by atoms with Gasteiger partial charge in [0.05, 0.1) is 26.3 Å². The molecule has 0 aromatic heterocycles. The molecule has 0 saturated carbocycles. The van der Waals surface area contributed by atoms with Crippen molar-refractivity contribution in [3.63, 3.8) is 0 Å². The van der Waals surface area contributed by atoms with E-state index in [1.165, 1.54) is 6.07 Å². The monoisotopic (exact) mass is 412 g/mol. The van der Waals surface area contributed by atoms with Crippen molar-refractivity contribution in [2.75, 3.05) is 10.5 Å². The lowest BCUT2D eigenvalue weighted by Crippen LogP contribution is -2.14. The largest absolute Gasteiger partial charge is 0.396 e. The first-order chi connectivity index (χ1) is 9.72. The van der Waals surface area contributed by atoms with Gasteiger partial charge in [0.25, 0.3) is 10.0 Å². The molecule has 2 aromatic carbocycles. The fraction of sp³-hybridized carbons (Fsp3) is 0. The third-order valence-electron chi connectivity index (χ3n) is 2.56. The molecule has 4 nitrogen and oxygen atoms in total. The fourth-order valence-electron chi connectivity index (χ4n) is 1.50. The van der Waals surface area contributed by atoms with Gasteiger partial charge in [0.2, 0.25) is 0 Å². The van der Waals surface area contributed by atoms with Gasteiger partial charge in [-0.3, -0.25) is 4.72 Å². The van der Waals surface area contributed by atoms with E-state index in [0.29, 0.717) is 4.47 Å². The predicted molar refractivity (Wildman–Crippen MR) is 85.8 cm³/mol. The van der Waals surface area contributed by atoms with Crippen LogP contribution >= 0.6 is 39.1 Å². The van der Waals surface area contributed by atoms with Crippen LogP contribution < -0.4 is 10.5 Å². The second-order valence-electron chi connectivity index (χ2n) is 4.01. The van der Waals surface area contributed by atoms with Crippen LogP contribution in [0, 0.1) is 5.82 Å². The summed E-state index contributed by atoms with van der Waals surface area (Å²) in [7, 11) is -3.96. The minimum Gasteiger partial charge on any atom is -0.396 e. The quantitative estimate of drug-likeness (QED) is 0.582. The van der Waals surface area contributed by atoms with Crippen molar-refractivity contribution in [1.82, 2.24) is 0 Å². The van der Waals surface area contributed by atoms with Crippen molar-refractivity contribution in [3.8, 4) is 0 Å². The van der Waals surface area contributed by atoms with Crippen molar-refractivity contribution < 1.29 is 12.8 Å². The van der Waals surface area contributed by atoms with Crippen LogP contribution in [0.4, 0.5) is 15.8 Å². The average Bonchev–Trinajstić information content (AvgIpc) is 2.42. The van der Waals surface area contributed by atoms with Gasteiger partial charge in [-0.25, -0.2) is 12.8 Å². The van der Waals surface area contributed by atoms with Crippen molar-refractivity contribution in [3.05, 3.63) is 50.7 Å². The first-order valence-electron chi connectivity index (χ1n) is 5.43. The molecule has 0 unspecified atom stereocenters. The number of rotatable bonds is 3. The summed E-state index contributed by atoms with van der Waals surface area (Å²) in [6.07, 6.45) is 0. The number of anilines is 2. The second-order valence-corrected chi connectivity index (χ2v) is 7.30. The summed E-state index contributed by atoms with van der Waals surface area (Å²) < 4.78 is 40.3. The summed E-state index contributed by atoms with van der Waals surface area (Å²) in [5.74, 6) is -0.696. The van der Waals surface area contributed by atoms with Crippen LogP contribution in [0.1, 0.15) is 0 Å². The van der Waals surface area contributed by atoms with Gasteiger partial charge in [-0.15, -0.1) is 0 Å². The van der Waals surface area contributed by atoms with Crippen LogP contribution in [0.25, 0.3) is 0 Å². The van der Waals surface area contributed by atoms with E-state index in [9.17, 15) is 12.8 Å². The van der Waals surface area contributed by atoms with Gasteiger partial charge in [-0.2, -0.15) is 0 Å². The lowest BCUT2D eigenvalue weighted by atomic mass is 10.3. The smallest absolute Gasteiger partial charge is 0.262 e. The number of sulfonamides is 1. The van der Waals surface area contributed by atoms with E-state index in [1.54, 1.807) is 6.07 Å². The van der Waals surface area contributed by atoms with Crippen LogP contribution in [0.5, 0.6) is 0 Å². The molecule has 0 fully saturated rings. The Morgan fingerprint density at radius 1 is 1.14 bits per heavy atom. The molecule has 0 bridgehead atoms. The van der Waals surface area contributed by atoms with Gasteiger partial charge in [-0.05, 0) is 46.3 Å². The standard InChI is InChI=1S/C12H8BrCl2FN2O2S/c13-7-2-4-10(12(15)11(7)14)18-21(19,20)6-1-3-8(16)9(17)5-6/h1-5,18H,17H2. The molecule has 0 aliphatic heterocycles. The van der Waals surface area contributed by atoms with E-state index in [1.807, 2.05) is 0 Å². The lowest BCUT2D eigenvalue weighted by Gasteiger charge is -2.11. The van der Waals surface area contributed by atoms with Crippen molar-refractivity contribution >= 4 is 60.5 Å². The third kappa shape index (κ3) is 3.42. The maximum atomic E-state index is 13.1. The molecule has 0 radical (unpaired) electrons. The van der Waals surface area contributed by atoms with E-state index < -0.39 is 15.8 Å². The molecule has 21 heavy (non-hydrogen) atoms. The Kier molecular flexibility index (Phi) is 4.67. The summed E-state index contributed by atoms with van der Waals surface area (Å²) in [6.45, 7) is 0. The predicted octanol–water partition coefficient (Wildman–Crippen LogP) is 4.28. The van der Waals surface area contributed by atoms with Gasteiger partial charge < -0.3 is 5.73 Å². The minimum atomic E-state index is -3.96. The first kappa shape index (κ1) is 16.4. The van der Waals surface area contributed by atoms with Crippen LogP contribution in [-0.2, 0) is 10.0 Å². The number of nitrogen functional groups attached to an aromatic ring is 1. The molecular weight excluding hydrogens is 406 g/mol. The number of hydrogen-bond acceptors (Lipinski definition) is 3. The molecule has 112 valence electrons. The van der Waals surface area contributed by atoms with Gasteiger partial charge in [0, 0.05) is 4.47 Å². The maximum absolute atomic E-state index is 13.1. The summed E-state index contributed by atoms with van der Waals surface area (Å²) in [5, 5.41) is 0.222. The Balaban J connectivity index is 2.42. The van der Waals surface area contributed by atoms with Crippen molar-refractivity contribution in [1.29, 1.82) is 0 Å². The van der Waals surface area contributed by atoms with Gasteiger partial charge >= 0.3 is 0 Å². The van der Waals surface area contributed by atoms with Gasteiger partial charge in [-0.1, -0.05) is 23.2 Å². The zero-order valence-corrected chi connectivity index (χ0v) is 14.1. The normalized spacial score (nSPS) is 11.4. The summed E-state index contributed by atoms with van der Waals surface area (Å²) >= 11 is 15.1. The molecule has 0 aliphatic rings. The first-order valence-corrected chi connectivity index (χ1v) is 8.47. The highest BCUT2D eigenvalue weighted by Crippen LogP contribution is 2.36. The Morgan fingerprint density at radius 2 is 1.81 bits per heavy atom. The zero-order valence-electron chi connectivity index (χ0n) is 10.2. The zero-order chi connectivity index (χ0) is 15.8. The Bertz CT molecular complexity index is 815. The number of nitrogens with two attached hydrogens (primary N) is 1. The van der Waals surface area contributed by atoms with E-state index in [4.69, 9.17) is 28.9 Å².